The molecule has 5 nitrogen and oxygen atoms in total. The number of fused-ring (bicyclic) bond motifs is 1. The highest BCUT2D eigenvalue weighted by atomic mass is 32.1. The van der Waals surface area contributed by atoms with Crippen molar-refractivity contribution in [3.05, 3.63) is 33.5 Å². The summed E-state index contributed by atoms with van der Waals surface area (Å²) in [6, 6.07) is 3.59. The fourth-order valence-corrected chi connectivity index (χ4v) is 4.66. The largest absolute Gasteiger partial charge is 0.315 e. The van der Waals surface area contributed by atoms with Gasteiger partial charge < -0.3 is 5.32 Å². The molecule has 26 heavy (non-hydrogen) atoms. The van der Waals surface area contributed by atoms with E-state index in [1.54, 1.807) is 0 Å². The molecule has 2 aromatic rings. The Hall–Kier alpha value is -2.27. The minimum atomic E-state index is -2.67. The van der Waals surface area contributed by atoms with Crippen molar-refractivity contribution in [3.8, 4) is 6.07 Å². The number of nitrogens with one attached hydrogen (secondary N) is 1. The third-order valence-corrected chi connectivity index (χ3v) is 6.09. The first-order valence-corrected chi connectivity index (χ1v) is 9.58. The molecule has 8 heteroatoms. The first-order valence-electron chi connectivity index (χ1n) is 8.77. The molecule has 0 saturated heterocycles. The summed E-state index contributed by atoms with van der Waals surface area (Å²) < 4.78 is 27.6. The number of alkyl halides is 2. The van der Waals surface area contributed by atoms with Crippen molar-refractivity contribution in [1.29, 1.82) is 5.26 Å². The topological polar surface area (TPSA) is 70.7 Å². The number of carbonyl (C=O) groups excluding carboxylic acids is 1. The number of rotatable bonds is 5. The van der Waals surface area contributed by atoms with E-state index in [9.17, 15) is 18.8 Å². The first kappa shape index (κ1) is 17.2. The van der Waals surface area contributed by atoms with Gasteiger partial charge >= 0.3 is 0 Å². The number of nitrogens with zero attached hydrogens (tertiary/aromatic N) is 3. The molecular formula is C18H18F2N4OS. The fourth-order valence-electron chi connectivity index (χ4n) is 3.41. The maximum atomic E-state index is 13.2. The molecule has 0 aliphatic heterocycles. The van der Waals surface area contributed by atoms with Crippen LogP contribution in [0.3, 0.4) is 0 Å². The van der Waals surface area contributed by atoms with Crippen molar-refractivity contribution in [2.45, 2.75) is 57.4 Å². The zero-order valence-corrected chi connectivity index (χ0v) is 14.9. The molecule has 0 atom stereocenters. The van der Waals surface area contributed by atoms with E-state index < -0.39 is 12.3 Å². The van der Waals surface area contributed by atoms with Crippen LogP contribution in [-0.4, -0.2) is 15.7 Å². The van der Waals surface area contributed by atoms with Gasteiger partial charge in [0.1, 0.15) is 23.3 Å². The summed E-state index contributed by atoms with van der Waals surface area (Å²) in [4.78, 5) is 13.6. The van der Waals surface area contributed by atoms with Gasteiger partial charge in [-0.05, 0) is 50.2 Å². The van der Waals surface area contributed by atoms with E-state index in [4.69, 9.17) is 0 Å². The lowest BCUT2D eigenvalue weighted by Gasteiger charge is -2.09. The SMILES string of the molecule is N#Cc1c(NC(=O)Cn2nc(C3CC3)cc2C(F)F)sc2c1CCCC2. The highest BCUT2D eigenvalue weighted by Gasteiger charge is 2.29. The third-order valence-electron chi connectivity index (χ3n) is 4.88. The van der Waals surface area contributed by atoms with Gasteiger partial charge in [-0.3, -0.25) is 9.48 Å². The van der Waals surface area contributed by atoms with E-state index in [2.05, 4.69) is 16.5 Å². The maximum Gasteiger partial charge on any atom is 0.280 e. The Bertz CT molecular complexity index is 892. The highest BCUT2D eigenvalue weighted by molar-refractivity contribution is 7.16. The number of nitriles is 1. The molecule has 0 bridgehead atoms. The number of anilines is 1. The van der Waals surface area contributed by atoms with E-state index >= 15 is 0 Å². The van der Waals surface area contributed by atoms with Gasteiger partial charge in [-0.1, -0.05) is 0 Å². The van der Waals surface area contributed by atoms with Gasteiger partial charge in [0, 0.05) is 10.8 Å². The summed E-state index contributed by atoms with van der Waals surface area (Å²) in [5.41, 5.74) is 1.96. The minimum absolute atomic E-state index is 0.229. The monoisotopic (exact) mass is 376 g/mol. The Balaban J connectivity index is 1.53. The van der Waals surface area contributed by atoms with Crippen molar-refractivity contribution in [2.75, 3.05) is 5.32 Å². The molecule has 2 heterocycles. The second-order valence-corrected chi connectivity index (χ2v) is 7.91. The van der Waals surface area contributed by atoms with Crippen molar-refractivity contribution in [3.63, 3.8) is 0 Å². The molecule has 2 aliphatic carbocycles. The van der Waals surface area contributed by atoms with Crippen molar-refractivity contribution >= 4 is 22.2 Å². The molecule has 0 unspecified atom stereocenters. The normalized spacial score (nSPS) is 16.4. The number of aromatic nitrogens is 2. The predicted octanol–water partition coefficient (Wildman–Crippen LogP) is 4.15. The molecular weight excluding hydrogens is 358 g/mol. The van der Waals surface area contributed by atoms with Gasteiger partial charge in [0.15, 0.2) is 0 Å². The summed E-state index contributed by atoms with van der Waals surface area (Å²) in [6.07, 6.45) is 3.14. The lowest BCUT2D eigenvalue weighted by molar-refractivity contribution is -0.117. The number of amides is 1. The summed E-state index contributed by atoms with van der Waals surface area (Å²) >= 11 is 1.42. The second kappa shape index (κ2) is 6.80. The van der Waals surface area contributed by atoms with Crippen molar-refractivity contribution in [1.82, 2.24) is 9.78 Å². The molecule has 4 rings (SSSR count). The molecule has 1 saturated carbocycles. The number of thiophene rings is 1. The number of carbonyl (C=O) groups is 1. The van der Waals surface area contributed by atoms with E-state index in [0.29, 0.717) is 16.3 Å². The smallest absolute Gasteiger partial charge is 0.280 e. The standard InChI is InChI=1S/C18H18F2N4OS/c19-17(20)14-7-13(10-5-6-10)23-24(14)9-16(25)22-18-12(8-21)11-3-1-2-4-15(11)26-18/h7,10,17H,1-6,9H2,(H,22,25). The van der Waals surface area contributed by atoms with Gasteiger partial charge in [-0.25, -0.2) is 8.78 Å². The molecule has 1 amide bonds. The Labute approximate surface area is 153 Å². The summed E-state index contributed by atoms with van der Waals surface area (Å²) in [6.45, 7) is -0.278. The zero-order chi connectivity index (χ0) is 18.3. The Morgan fingerprint density at radius 3 is 2.88 bits per heavy atom. The highest BCUT2D eigenvalue weighted by Crippen LogP contribution is 2.40. The fraction of sp³-hybridized carbons (Fsp3) is 0.500. The summed E-state index contributed by atoms with van der Waals surface area (Å²) in [5, 5.41) is 16.9. The van der Waals surface area contributed by atoms with Crippen LogP contribution >= 0.6 is 11.3 Å². The van der Waals surface area contributed by atoms with Crippen LogP contribution in [0.2, 0.25) is 0 Å². The first-order chi connectivity index (χ1) is 12.6. The van der Waals surface area contributed by atoms with Gasteiger partial charge in [0.2, 0.25) is 5.91 Å². The Morgan fingerprint density at radius 1 is 1.42 bits per heavy atom. The predicted molar refractivity (Wildman–Crippen MR) is 93.5 cm³/mol. The van der Waals surface area contributed by atoms with E-state index in [1.165, 1.54) is 17.4 Å². The molecule has 1 N–H and O–H groups in total. The molecule has 2 aromatic heterocycles. The maximum absolute atomic E-state index is 13.2. The molecule has 2 aliphatic rings. The molecule has 136 valence electrons. The van der Waals surface area contributed by atoms with Crippen LogP contribution in [0.15, 0.2) is 6.07 Å². The van der Waals surface area contributed by atoms with Gasteiger partial charge in [0.25, 0.3) is 6.43 Å². The van der Waals surface area contributed by atoms with Gasteiger partial charge in [0.05, 0.1) is 11.3 Å². The number of hydrogen-bond acceptors (Lipinski definition) is 4. The molecule has 0 radical (unpaired) electrons. The van der Waals surface area contributed by atoms with E-state index in [1.807, 2.05) is 0 Å². The van der Waals surface area contributed by atoms with Crippen LogP contribution in [0.1, 0.15) is 65.4 Å². The average molecular weight is 376 g/mol. The molecule has 0 spiro atoms. The Kier molecular flexibility index (Phi) is 4.49. The number of aryl methyl sites for hydroxylation is 1. The number of hydrogen-bond donors (Lipinski definition) is 1. The van der Waals surface area contributed by atoms with Gasteiger partial charge in [-0.2, -0.15) is 10.4 Å². The molecule has 1 fully saturated rings. The Morgan fingerprint density at radius 2 is 2.19 bits per heavy atom. The lowest BCUT2D eigenvalue weighted by Crippen LogP contribution is -2.21. The van der Waals surface area contributed by atoms with Crippen molar-refractivity contribution < 1.29 is 13.6 Å². The third kappa shape index (κ3) is 3.23. The van der Waals surface area contributed by atoms with Crippen molar-refractivity contribution in [2.24, 2.45) is 0 Å². The zero-order valence-electron chi connectivity index (χ0n) is 14.1. The lowest BCUT2D eigenvalue weighted by atomic mass is 9.96. The summed E-state index contributed by atoms with van der Waals surface area (Å²) in [5.74, 6) is -0.196. The minimum Gasteiger partial charge on any atom is -0.315 e. The number of halogens is 2. The quantitative estimate of drug-likeness (QED) is 0.852. The molecule has 0 aromatic carbocycles. The second-order valence-electron chi connectivity index (χ2n) is 6.80. The van der Waals surface area contributed by atoms with Crippen LogP contribution in [0.4, 0.5) is 13.8 Å². The van der Waals surface area contributed by atoms with E-state index in [-0.39, 0.29) is 18.2 Å². The summed E-state index contributed by atoms with van der Waals surface area (Å²) in [7, 11) is 0. The van der Waals surface area contributed by atoms with E-state index in [0.717, 1.165) is 53.6 Å². The van der Waals surface area contributed by atoms with Crippen LogP contribution in [0.5, 0.6) is 0 Å². The average Bonchev–Trinajstić information content (AvgIpc) is 3.28. The van der Waals surface area contributed by atoms with Gasteiger partial charge in [-0.15, -0.1) is 11.3 Å². The van der Waals surface area contributed by atoms with Crippen LogP contribution in [0.25, 0.3) is 0 Å². The van der Waals surface area contributed by atoms with Crippen LogP contribution < -0.4 is 5.32 Å². The van der Waals surface area contributed by atoms with Crippen LogP contribution in [0, 0.1) is 11.3 Å². The van der Waals surface area contributed by atoms with Crippen LogP contribution in [-0.2, 0) is 24.2 Å².